The van der Waals surface area contributed by atoms with Gasteiger partial charge in [-0.3, -0.25) is 0 Å². The molecule has 1 unspecified atom stereocenters. The molecule has 2 heteroatoms. The lowest BCUT2D eigenvalue weighted by Gasteiger charge is -2.13. The summed E-state index contributed by atoms with van der Waals surface area (Å²) >= 11 is 0. The maximum Gasteiger partial charge on any atom is 0.115 e. The van der Waals surface area contributed by atoms with Crippen LogP contribution in [0.15, 0.2) is 24.3 Å². The zero-order chi connectivity index (χ0) is 11.1. The number of unbranched alkanes of at least 4 members (excludes halogenated alkanes) is 1. The van der Waals surface area contributed by atoms with E-state index in [1.807, 2.05) is 12.1 Å². The Balaban J connectivity index is 2.37. The first-order chi connectivity index (χ1) is 7.24. The Kier molecular flexibility index (Phi) is 4.73. The van der Waals surface area contributed by atoms with Crippen molar-refractivity contribution >= 4 is 0 Å². The van der Waals surface area contributed by atoms with Crippen LogP contribution in [-0.2, 0) is 0 Å². The second-order valence-electron chi connectivity index (χ2n) is 3.58. The Labute approximate surface area is 91.3 Å². The zero-order valence-corrected chi connectivity index (χ0v) is 9.03. The second kappa shape index (κ2) is 6.10. The normalized spacial score (nSPS) is 12.0. The number of phenols is 1. The number of aromatic hydroxyl groups is 1. The smallest absolute Gasteiger partial charge is 0.115 e. The van der Waals surface area contributed by atoms with Gasteiger partial charge < -0.3 is 10.4 Å². The molecule has 0 aliphatic rings. The maximum absolute atomic E-state index is 9.14. The Morgan fingerprint density at radius 1 is 1.40 bits per heavy atom. The lowest BCUT2D eigenvalue weighted by atomic mass is 10.1. The number of nitrogens with one attached hydrogen (secondary N) is 1. The molecule has 0 aliphatic carbocycles. The summed E-state index contributed by atoms with van der Waals surface area (Å²) in [5, 5.41) is 12.5. The molecule has 0 bridgehead atoms. The quantitative estimate of drug-likeness (QED) is 0.569. The van der Waals surface area contributed by atoms with Crippen LogP contribution in [0, 0.1) is 12.3 Å². The molecule has 0 spiro atoms. The fourth-order valence-corrected chi connectivity index (χ4v) is 1.39. The molecule has 0 aromatic heterocycles. The van der Waals surface area contributed by atoms with Crippen LogP contribution in [-0.4, -0.2) is 11.7 Å². The highest BCUT2D eigenvalue weighted by molar-refractivity contribution is 5.27. The van der Waals surface area contributed by atoms with E-state index in [2.05, 4.69) is 18.2 Å². The molecule has 1 rings (SSSR count). The molecule has 2 nitrogen and oxygen atoms in total. The van der Waals surface area contributed by atoms with Crippen LogP contribution in [0.4, 0.5) is 0 Å². The van der Waals surface area contributed by atoms with E-state index < -0.39 is 0 Å². The predicted molar refractivity (Wildman–Crippen MR) is 62.6 cm³/mol. The molecular weight excluding hydrogens is 186 g/mol. The molecule has 80 valence electrons. The van der Waals surface area contributed by atoms with E-state index >= 15 is 0 Å². The minimum Gasteiger partial charge on any atom is -0.508 e. The van der Waals surface area contributed by atoms with Gasteiger partial charge in [-0.25, -0.2) is 0 Å². The molecule has 0 heterocycles. The molecular formula is C13H17NO. The highest BCUT2D eigenvalue weighted by Crippen LogP contribution is 2.16. The van der Waals surface area contributed by atoms with Crippen molar-refractivity contribution in [2.45, 2.75) is 25.8 Å². The number of hydrogen-bond acceptors (Lipinski definition) is 2. The molecule has 0 fully saturated rings. The minimum atomic E-state index is 0.295. The fourth-order valence-electron chi connectivity index (χ4n) is 1.39. The average molecular weight is 203 g/mol. The van der Waals surface area contributed by atoms with Crippen LogP contribution in [0.1, 0.15) is 31.4 Å². The third-order valence-corrected chi connectivity index (χ3v) is 2.34. The van der Waals surface area contributed by atoms with E-state index in [0.29, 0.717) is 11.8 Å². The van der Waals surface area contributed by atoms with Crippen LogP contribution >= 0.6 is 0 Å². The topological polar surface area (TPSA) is 32.3 Å². The number of phenolic OH excluding ortho intramolecular Hbond substituents is 1. The molecule has 0 saturated carbocycles. The molecule has 0 amide bonds. The molecule has 1 aromatic carbocycles. The minimum absolute atomic E-state index is 0.295. The molecule has 0 radical (unpaired) electrons. The van der Waals surface area contributed by atoms with Gasteiger partial charge >= 0.3 is 0 Å². The Hall–Kier alpha value is -1.46. The van der Waals surface area contributed by atoms with Gasteiger partial charge in [0.05, 0.1) is 0 Å². The summed E-state index contributed by atoms with van der Waals surface area (Å²) in [5.41, 5.74) is 1.17. The Bertz CT molecular complexity index is 323. The maximum atomic E-state index is 9.14. The van der Waals surface area contributed by atoms with Gasteiger partial charge in [-0.15, -0.1) is 12.3 Å². The molecule has 15 heavy (non-hydrogen) atoms. The van der Waals surface area contributed by atoms with Gasteiger partial charge in [0.15, 0.2) is 0 Å². The van der Waals surface area contributed by atoms with Crippen LogP contribution in [0.25, 0.3) is 0 Å². The van der Waals surface area contributed by atoms with Gasteiger partial charge in [0.2, 0.25) is 0 Å². The van der Waals surface area contributed by atoms with Crippen molar-refractivity contribution in [3.05, 3.63) is 29.8 Å². The average Bonchev–Trinajstić information content (AvgIpc) is 2.25. The van der Waals surface area contributed by atoms with Crippen molar-refractivity contribution in [2.24, 2.45) is 0 Å². The van der Waals surface area contributed by atoms with E-state index in [1.165, 1.54) is 5.56 Å². The SMILES string of the molecule is C#CCCCNC(C)c1ccc(O)cc1. The van der Waals surface area contributed by atoms with E-state index in [0.717, 1.165) is 19.4 Å². The highest BCUT2D eigenvalue weighted by Gasteiger charge is 2.03. The monoisotopic (exact) mass is 203 g/mol. The summed E-state index contributed by atoms with van der Waals surface area (Å²) in [4.78, 5) is 0. The van der Waals surface area contributed by atoms with Crippen LogP contribution in [0.2, 0.25) is 0 Å². The van der Waals surface area contributed by atoms with Gasteiger partial charge in [0.1, 0.15) is 5.75 Å². The lowest BCUT2D eigenvalue weighted by Crippen LogP contribution is -2.19. The molecule has 1 atom stereocenters. The van der Waals surface area contributed by atoms with Crippen LogP contribution < -0.4 is 5.32 Å². The van der Waals surface area contributed by atoms with Gasteiger partial charge in [0, 0.05) is 12.5 Å². The fraction of sp³-hybridized carbons (Fsp3) is 0.385. The van der Waals surface area contributed by atoms with Crippen LogP contribution in [0.3, 0.4) is 0 Å². The molecule has 0 saturated heterocycles. The van der Waals surface area contributed by atoms with Crippen molar-refractivity contribution < 1.29 is 5.11 Å². The van der Waals surface area contributed by atoms with E-state index in [1.54, 1.807) is 12.1 Å². The van der Waals surface area contributed by atoms with Crippen molar-refractivity contribution in [1.82, 2.24) is 5.32 Å². The zero-order valence-electron chi connectivity index (χ0n) is 9.03. The van der Waals surface area contributed by atoms with Crippen molar-refractivity contribution in [1.29, 1.82) is 0 Å². The lowest BCUT2D eigenvalue weighted by molar-refractivity contribution is 0.474. The number of terminal acetylenes is 1. The predicted octanol–water partition coefficient (Wildman–Crippen LogP) is 2.46. The molecule has 1 aromatic rings. The third-order valence-electron chi connectivity index (χ3n) is 2.34. The number of rotatable bonds is 5. The van der Waals surface area contributed by atoms with Crippen molar-refractivity contribution in [3.8, 4) is 18.1 Å². The molecule has 2 N–H and O–H groups in total. The summed E-state index contributed by atoms with van der Waals surface area (Å²) in [5.74, 6) is 2.92. The molecule has 0 aliphatic heterocycles. The summed E-state index contributed by atoms with van der Waals surface area (Å²) in [7, 11) is 0. The largest absolute Gasteiger partial charge is 0.508 e. The van der Waals surface area contributed by atoms with E-state index in [-0.39, 0.29) is 0 Å². The van der Waals surface area contributed by atoms with Crippen molar-refractivity contribution in [2.75, 3.05) is 6.54 Å². The summed E-state index contributed by atoms with van der Waals surface area (Å²) in [6.45, 7) is 3.02. The van der Waals surface area contributed by atoms with Gasteiger partial charge in [-0.1, -0.05) is 12.1 Å². The van der Waals surface area contributed by atoms with Gasteiger partial charge in [-0.05, 0) is 37.6 Å². The van der Waals surface area contributed by atoms with Crippen molar-refractivity contribution in [3.63, 3.8) is 0 Å². The first kappa shape index (κ1) is 11.6. The third kappa shape index (κ3) is 4.05. The summed E-state index contributed by atoms with van der Waals surface area (Å²) in [6.07, 6.45) is 6.98. The van der Waals surface area contributed by atoms with E-state index in [4.69, 9.17) is 11.5 Å². The summed E-state index contributed by atoms with van der Waals surface area (Å²) in [6, 6.07) is 7.55. The Morgan fingerprint density at radius 3 is 2.67 bits per heavy atom. The second-order valence-corrected chi connectivity index (χ2v) is 3.58. The Morgan fingerprint density at radius 2 is 2.07 bits per heavy atom. The standard InChI is InChI=1S/C13H17NO/c1-3-4-5-10-14-11(2)12-6-8-13(15)9-7-12/h1,6-9,11,14-15H,4-5,10H2,2H3. The van der Waals surface area contributed by atoms with E-state index in [9.17, 15) is 0 Å². The number of hydrogen-bond donors (Lipinski definition) is 2. The highest BCUT2D eigenvalue weighted by atomic mass is 16.3. The summed E-state index contributed by atoms with van der Waals surface area (Å²) < 4.78 is 0. The first-order valence-corrected chi connectivity index (χ1v) is 5.20. The number of benzene rings is 1. The van der Waals surface area contributed by atoms with Gasteiger partial charge in [-0.2, -0.15) is 0 Å². The van der Waals surface area contributed by atoms with Crippen LogP contribution in [0.5, 0.6) is 5.75 Å². The first-order valence-electron chi connectivity index (χ1n) is 5.20. The van der Waals surface area contributed by atoms with Gasteiger partial charge in [0.25, 0.3) is 0 Å².